The largest absolute Gasteiger partial charge is 0.479 e. The summed E-state index contributed by atoms with van der Waals surface area (Å²) in [5.74, 6) is -1.26. The van der Waals surface area contributed by atoms with E-state index in [1.165, 1.54) is 0 Å². The van der Waals surface area contributed by atoms with Crippen molar-refractivity contribution in [2.75, 3.05) is 13.2 Å². The van der Waals surface area contributed by atoms with E-state index < -0.39 is 18.1 Å². The van der Waals surface area contributed by atoms with Gasteiger partial charge in [0.1, 0.15) is 6.61 Å². The molecule has 0 aliphatic carbocycles. The van der Waals surface area contributed by atoms with E-state index in [0.717, 1.165) is 17.0 Å². The molecule has 0 spiro atoms. The number of morpholine rings is 1. The maximum absolute atomic E-state index is 12.0. The summed E-state index contributed by atoms with van der Waals surface area (Å²) in [7, 11) is 1.80. The lowest BCUT2D eigenvalue weighted by atomic mass is 9.96. The van der Waals surface area contributed by atoms with Crippen LogP contribution in [0.3, 0.4) is 0 Å². The molecule has 1 aliphatic heterocycles. The number of ether oxygens (including phenoxy) is 1. The number of likely N-dealkylation sites (N-methyl/N-ethyl adjacent to an activating group) is 1. The van der Waals surface area contributed by atoms with Crippen LogP contribution in [0.2, 0.25) is 0 Å². The molecule has 1 aromatic heterocycles. The summed E-state index contributed by atoms with van der Waals surface area (Å²) in [5, 5.41) is 13.7. The number of amides is 1. The van der Waals surface area contributed by atoms with Gasteiger partial charge in [-0.2, -0.15) is 5.10 Å². The number of hydrogen-bond donors (Lipinski definition) is 1. The highest BCUT2D eigenvalue weighted by Gasteiger charge is 2.43. The second-order valence-corrected chi connectivity index (χ2v) is 4.90. The van der Waals surface area contributed by atoms with Gasteiger partial charge in [0.25, 0.3) is 0 Å². The maximum Gasteiger partial charge on any atom is 0.335 e. The van der Waals surface area contributed by atoms with Crippen LogP contribution in [-0.4, -0.2) is 50.9 Å². The molecule has 2 rings (SSSR count). The van der Waals surface area contributed by atoms with Crippen LogP contribution in [0.25, 0.3) is 0 Å². The summed E-state index contributed by atoms with van der Waals surface area (Å²) in [6.07, 6.45) is -1.06. The van der Waals surface area contributed by atoms with Crippen LogP contribution in [0.4, 0.5) is 0 Å². The number of aliphatic carboxylic acids is 1. The van der Waals surface area contributed by atoms with E-state index in [4.69, 9.17) is 4.74 Å². The van der Waals surface area contributed by atoms with Gasteiger partial charge in [0.2, 0.25) is 5.91 Å². The molecule has 20 heavy (non-hydrogen) atoms. The number of carbonyl (C=O) groups is 2. The molecular weight excluding hydrogens is 262 g/mol. The fourth-order valence-electron chi connectivity index (χ4n) is 2.76. The second-order valence-electron chi connectivity index (χ2n) is 4.90. The van der Waals surface area contributed by atoms with Gasteiger partial charge in [0, 0.05) is 24.8 Å². The second kappa shape index (κ2) is 5.24. The third-order valence-electron chi connectivity index (χ3n) is 3.77. The lowest BCUT2D eigenvalue weighted by Crippen LogP contribution is -2.52. The topological polar surface area (TPSA) is 84.7 Å². The van der Waals surface area contributed by atoms with Gasteiger partial charge < -0.3 is 14.7 Å². The molecule has 0 radical (unpaired) electrons. The van der Waals surface area contributed by atoms with Crippen LogP contribution in [0.1, 0.15) is 29.9 Å². The van der Waals surface area contributed by atoms with Crippen molar-refractivity contribution in [2.24, 2.45) is 7.05 Å². The van der Waals surface area contributed by atoms with E-state index in [1.807, 2.05) is 20.8 Å². The molecule has 1 aromatic rings. The Bertz CT molecular complexity index is 550. The quantitative estimate of drug-likeness (QED) is 0.867. The van der Waals surface area contributed by atoms with Crippen LogP contribution in [0, 0.1) is 13.8 Å². The van der Waals surface area contributed by atoms with Crippen molar-refractivity contribution in [2.45, 2.75) is 32.9 Å². The number of carboxylic acid groups (broad SMARTS) is 1. The monoisotopic (exact) mass is 281 g/mol. The molecule has 0 aromatic carbocycles. The molecule has 2 atom stereocenters. The maximum atomic E-state index is 12.0. The molecule has 1 saturated heterocycles. The van der Waals surface area contributed by atoms with Crippen LogP contribution in [0.15, 0.2) is 0 Å². The first kappa shape index (κ1) is 14.5. The number of rotatable bonds is 3. The predicted octanol–water partition coefficient (Wildman–Crippen LogP) is 0.410. The summed E-state index contributed by atoms with van der Waals surface area (Å²) in [6.45, 7) is 5.75. The Balaban J connectivity index is 2.55. The Morgan fingerprint density at radius 2 is 2.15 bits per heavy atom. The average molecular weight is 281 g/mol. The number of aromatic nitrogens is 2. The molecule has 7 heteroatoms. The molecule has 7 nitrogen and oxygen atoms in total. The lowest BCUT2D eigenvalue weighted by molar-refractivity contribution is -0.172. The first-order valence-electron chi connectivity index (χ1n) is 6.52. The predicted molar refractivity (Wildman–Crippen MR) is 70.2 cm³/mol. The normalized spacial score (nSPS) is 23.2. The highest BCUT2D eigenvalue weighted by molar-refractivity contribution is 5.83. The van der Waals surface area contributed by atoms with E-state index in [-0.39, 0.29) is 12.5 Å². The number of hydrogen-bond acceptors (Lipinski definition) is 4. The highest BCUT2D eigenvalue weighted by atomic mass is 16.5. The van der Waals surface area contributed by atoms with E-state index in [1.54, 1.807) is 16.6 Å². The van der Waals surface area contributed by atoms with Crippen molar-refractivity contribution in [3.63, 3.8) is 0 Å². The fraction of sp³-hybridized carbons (Fsp3) is 0.615. The summed E-state index contributed by atoms with van der Waals surface area (Å²) in [6, 6.07) is -0.632. The summed E-state index contributed by atoms with van der Waals surface area (Å²) in [4.78, 5) is 25.0. The molecule has 1 N–H and O–H groups in total. The minimum Gasteiger partial charge on any atom is -0.479 e. The Hall–Kier alpha value is -1.89. The molecule has 0 bridgehead atoms. The van der Waals surface area contributed by atoms with Crippen molar-refractivity contribution in [1.29, 1.82) is 0 Å². The fourth-order valence-corrected chi connectivity index (χ4v) is 2.76. The Morgan fingerprint density at radius 1 is 1.50 bits per heavy atom. The van der Waals surface area contributed by atoms with Crippen molar-refractivity contribution in [1.82, 2.24) is 14.7 Å². The van der Waals surface area contributed by atoms with E-state index in [2.05, 4.69) is 5.10 Å². The van der Waals surface area contributed by atoms with Crippen molar-refractivity contribution in [3.05, 3.63) is 17.0 Å². The zero-order valence-electron chi connectivity index (χ0n) is 12.1. The van der Waals surface area contributed by atoms with Gasteiger partial charge >= 0.3 is 5.97 Å². The average Bonchev–Trinajstić information content (AvgIpc) is 2.62. The molecule has 2 heterocycles. The highest BCUT2D eigenvalue weighted by Crippen LogP contribution is 2.33. The van der Waals surface area contributed by atoms with Gasteiger partial charge in [-0.05, 0) is 20.8 Å². The summed E-state index contributed by atoms with van der Waals surface area (Å²) >= 11 is 0. The van der Waals surface area contributed by atoms with Crippen molar-refractivity contribution < 1.29 is 19.4 Å². The number of aryl methyl sites for hydroxylation is 2. The zero-order valence-corrected chi connectivity index (χ0v) is 12.1. The van der Waals surface area contributed by atoms with Gasteiger partial charge in [0.05, 0.1) is 11.7 Å². The van der Waals surface area contributed by atoms with Crippen LogP contribution >= 0.6 is 0 Å². The molecule has 1 aliphatic rings. The van der Waals surface area contributed by atoms with Crippen LogP contribution in [-0.2, 0) is 21.4 Å². The summed E-state index contributed by atoms with van der Waals surface area (Å²) < 4.78 is 6.93. The van der Waals surface area contributed by atoms with E-state index in [0.29, 0.717) is 6.54 Å². The minimum absolute atomic E-state index is 0.195. The first-order chi connectivity index (χ1) is 9.38. The number of carbonyl (C=O) groups excluding carboxylic acids is 1. The molecule has 0 saturated carbocycles. The molecule has 1 amide bonds. The summed E-state index contributed by atoms with van der Waals surface area (Å²) in [5.41, 5.74) is 2.32. The van der Waals surface area contributed by atoms with Crippen LogP contribution in [0.5, 0.6) is 0 Å². The van der Waals surface area contributed by atoms with E-state index >= 15 is 0 Å². The third-order valence-corrected chi connectivity index (χ3v) is 3.77. The van der Waals surface area contributed by atoms with Crippen molar-refractivity contribution >= 4 is 11.9 Å². The number of nitrogens with zero attached hydrogens (tertiary/aromatic N) is 3. The third kappa shape index (κ3) is 2.18. The first-order valence-corrected chi connectivity index (χ1v) is 6.52. The van der Waals surface area contributed by atoms with Crippen molar-refractivity contribution in [3.8, 4) is 0 Å². The molecule has 110 valence electrons. The lowest BCUT2D eigenvalue weighted by Gasteiger charge is -2.39. The Kier molecular flexibility index (Phi) is 3.80. The zero-order chi connectivity index (χ0) is 15.0. The van der Waals surface area contributed by atoms with Gasteiger partial charge in [-0.25, -0.2) is 4.79 Å². The van der Waals surface area contributed by atoms with Gasteiger partial charge in [-0.3, -0.25) is 9.48 Å². The standard InChI is InChI=1S/C13H19N3O4/c1-5-16-9(17)6-20-12(13(18)19)11(16)10-7(2)14-15(4)8(10)3/h11-12H,5-6H2,1-4H3,(H,18,19). The van der Waals surface area contributed by atoms with Crippen LogP contribution < -0.4 is 0 Å². The van der Waals surface area contributed by atoms with Gasteiger partial charge in [0.15, 0.2) is 6.10 Å². The Morgan fingerprint density at radius 3 is 2.60 bits per heavy atom. The minimum atomic E-state index is -1.07. The molecule has 1 fully saturated rings. The molecule has 2 unspecified atom stereocenters. The SMILES string of the molecule is CCN1C(=O)COC(C(=O)O)C1c1c(C)nn(C)c1C. The Labute approximate surface area is 117 Å². The molecular formula is C13H19N3O4. The van der Waals surface area contributed by atoms with Gasteiger partial charge in [-0.15, -0.1) is 0 Å². The smallest absolute Gasteiger partial charge is 0.335 e. The number of carboxylic acids is 1. The van der Waals surface area contributed by atoms with E-state index in [9.17, 15) is 14.7 Å². The van der Waals surface area contributed by atoms with Gasteiger partial charge in [-0.1, -0.05) is 0 Å².